The van der Waals surface area contributed by atoms with Crippen molar-refractivity contribution in [2.24, 2.45) is 0 Å². The number of ketones is 1. The third-order valence-electron chi connectivity index (χ3n) is 0.653. The number of hydrogen-bond donors (Lipinski definition) is 1. The monoisotopic (exact) mass is 191 g/mol. The van der Waals surface area contributed by atoms with E-state index < -0.39 is 9.60 Å². The van der Waals surface area contributed by atoms with Gasteiger partial charge in [0.05, 0.1) is 0 Å². The van der Waals surface area contributed by atoms with Crippen LogP contribution in [0.1, 0.15) is 6.92 Å². The van der Waals surface area contributed by atoms with Gasteiger partial charge < -0.3 is 0 Å². The van der Waals surface area contributed by atoms with Crippen LogP contribution >= 0.6 is 0 Å². The molecule has 8 heavy (non-hydrogen) atoms. The van der Waals surface area contributed by atoms with Crippen LogP contribution < -0.4 is 0 Å². The molecule has 3 nitrogen and oxygen atoms in total. The van der Waals surface area contributed by atoms with E-state index in [4.69, 9.17) is 5.11 Å². The molecular weight excluding hydrogens is 187 g/mol. The van der Waals surface area contributed by atoms with Gasteiger partial charge in [0.15, 0.2) is 0 Å². The Morgan fingerprint density at radius 2 is 2.00 bits per heavy atom. The van der Waals surface area contributed by atoms with Crippen molar-refractivity contribution < 1.29 is 39.4 Å². The van der Waals surface area contributed by atoms with Crippen molar-refractivity contribution in [1.82, 2.24) is 0 Å². The second kappa shape index (κ2) is 3.13. The predicted molar refractivity (Wildman–Crippen MR) is 22.1 cm³/mol. The van der Waals surface area contributed by atoms with Crippen molar-refractivity contribution in [2.75, 3.05) is 0 Å². The Hall–Kier alpha value is 0.0231. The molecule has 1 unspecified atom stereocenters. The summed E-state index contributed by atoms with van der Waals surface area (Å²) in [6.45, 7) is 1.29. The van der Waals surface area contributed by atoms with Gasteiger partial charge in [0, 0.05) is 0 Å². The zero-order chi connectivity index (χ0) is 6.73. The van der Waals surface area contributed by atoms with E-state index in [0.29, 0.717) is 0 Å². The first-order chi connectivity index (χ1) is 3.55. The van der Waals surface area contributed by atoms with Crippen molar-refractivity contribution in [3.63, 3.8) is 0 Å². The summed E-state index contributed by atoms with van der Waals surface area (Å²) in [5.41, 5.74) is 0. The summed E-state index contributed by atoms with van der Waals surface area (Å²) in [4.78, 5) is 20.2. The molecule has 0 aromatic carbocycles. The zero-order valence-electron chi connectivity index (χ0n) is 4.34. The third kappa shape index (κ3) is 2.36. The first-order valence-corrected chi connectivity index (χ1v) is 3.42. The molecule has 0 aromatic heterocycles. The van der Waals surface area contributed by atoms with Gasteiger partial charge in [0.1, 0.15) is 0 Å². The zero-order valence-corrected chi connectivity index (χ0v) is 6.80. The van der Waals surface area contributed by atoms with E-state index >= 15 is 0 Å². The first kappa shape index (κ1) is 8.02. The number of rotatable bonds is 2. The van der Waals surface area contributed by atoms with Crippen molar-refractivity contribution in [3.8, 4) is 0 Å². The number of carbonyl (C=O) groups excluding carboxylic acids is 1. The molecule has 1 N–H and O–H groups in total. The summed E-state index contributed by atoms with van der Waals surface area (Å²) in [6.07, 6.45) is 0. The van der Waals surface area contributed by atoms with Gasteiger partial charge in [0.25, 0.3) is 0 Å². The van der Waals surface area contributed by atoms with Gasteiger partial charge in [-0.25, -0.2) is 0 Å². The van der Waals surface area contributed by atoms with E-state index in [2.05, 4.69) is 0 Å². The Balaban J connectivity index is 3.83. The number of carbonyl (C=O) groups is 2. The average Bonchev–Trinajstić information content (AvgIpc) is 1.64. The standard InChI is InChI=1S/C4H5O3.Zr/c1-3(5)2-4(6)7;/h2H,1H3,(H,6,7);. The summed E-state index contributed by atoms with van der Waals surface area (Å²) in [7, 11) is 0. The number of aliphatic carboxylic acids is 1. The fourth-order valence-electron chi connectivity index (χ4n) is 0.174. The van der Waals surface area contributed by atoms with Crippen LogP contribution in [0.3, 0.4) is 0 Å². The van der Waals surface area contributed by atoms with E-state index in [1.807, 2.05) is 0 Å². The molecule has 0 aliphatic carbocycles. The number of Topliss-reactive ketones (excluding diaryl/α,β-unsaturated/α-hetero) is 1. The molecule has 0 aromatic rings. The van der Waals surface area contributed by atoms with Crippen molar-refractivity contribution in [1.29, 1.82) is 0 Å². The minimum absolute atomic E-state index is 0.268. The van der Waals surface area contributed by atoms with Crippen LogP contribution in [-0.2, 0) is 34.3 Å². The normalized spacial score (nSPS) is 12.5. The fraction of sp³-hybridized carbons (Fsp3) is 0.500. The van der Waals surface area contributed by atoms with Gasteiger partial charge in [-0.15, -0.1) is 0 Å². The molecule has 0 saturated carbocycles. The Bertz CT molecular complexity index is 106. The van der Waals surface area contributed by atoms with E-state index in [0.717, 1.165) is 24.7 Å². The molecule has 0 bridgehead atoms. The predicted octanol–water partition coefficient (Wildman–Crippen LogP) is -0.00470. The average molecular weight is 192 g/mol. The molecule has 0 radical (unpaired) electrons. The summed E-state index contributed by atoms with van der Waals surface area (Å²) in [6, 6.07) is 0. The third-order valence-corrected chi connectivity index (χ3v) is 2.26. The molecular formula is C4H5O3Zr. The summed E-state index contributed by atoms with van der Waals surface area (Å²) in [5.74, 6) is -1.29. The van der Waals surface area contributed by atoms with Crippen LogP contribution in [0, 0.1) is 0 Å². The van der Waals surface area contributed by atoms with Gasteiger partial charge in [0.2, 0.25) is 0 Å². The molecule has 0 amide bonds. The van der Waals surface area contributed by atoms with E-state index in [1.54, 1.807) is 0 Å². The molecule has 0 aliphatic rings. The van der Waals surface area contributed by atoms with Crippen molar-refractivity contribution >= 4 is 11.8 Å². The summed E-state index contributed by atoms with van der Waals surface area (Å²) < 4.78 is -0.762. The molecule has 4 heteroatoms. The molecule has 0 rings (SSSR count). The Kier molecular flexibility index (Phi) is 3.14. The van der Waals surface area contributed by atoms with Crippen LogP contribution in [0.15, 0.2) is 0 Å². The van der Waals surface area contributed by atoms with Gasteiger partial charge in [-0.1, -0.05) is 0 Å². The van der Waals surface area contributed by atoms with E-state index in [-0.39, 0.29) is 5.78 Å². The molecule has 43 valence electrons. The number of carboxylic acids is 1. The molecule has 0 spiro atoms. The molecule has 1 atom stereocenters. The molecule has 0 saturated heterocycles. The topological polar surface area (TPSA) is 54.4 Å². The number of hydrogen-bond acceptors (Lipinski definition) is 2. The summed E-state index contributed by atoms with van der Waals surface area (Å²) in [5, 5.41) is 8.15. The van der Waals surface area contributed by atoms with Crippen LogP contribution in [0.4, 0.5) is 0 Å². The Morgan fingerprint density at radius 1 is 1.62 bits per heavy atom. The van der Waals surface area contributed by atoms with E-state index in [1.165, 1.54) is 6.92 Å². The number of carboxylic acid groups (broad SMARTS) is 1. The van der Waals surface area contributed by atoms with Crippen LogP contribution in [0.25, 0.3) is 0 Å². The van der Waals surface area contributed by atoms with E-state index in [9.17, 15) is 9.59 Å². The van der Waals surface area contributed by atoms with Crippen LogP contribution in [-0.4, -0.2) is 16.9 Å². The van der Waals surface area contributed by atoms with Crippen molar-refractivity contribution in [2.45, 2.75) is 10.5 Å². The molecule has 0 heterocycles. The maximum atomic E-state index is 10.2. The maximum absolute atomic E-state index is 10.2. The van der Waals surface area contributed by atoms with Crippen molar-refractivity contribution in [3.05, 3.63) is 0 Å². The van der Waals surface area contributed by atoms with Crippen LogP contribution in [0.5, 0.6) is 0 Å². The van der Waals surface area contributed by atoms with Crippen LogP contribution in [0.2, 0.25) is 3.63 Å². The van der Waals surface area contributed by atoms with Gasteiger partial charge in [-0.3, -0.25) is 0 Å². The Morgan fingerprint density at radius 3 is 2.00 bits per heavy atom. The van der Waals surface area contributed by atoms with Gasteiger partial charge >= 0.3 is 61.7 Å². The fourth-order valence-corrected chi connectivity index (χ4v) is 0.174. The Labute approximate surface area is 61.9 Å². The van der Waals surface area contributed by atoms with Gasteiger partial charge in [-0.05, 0) is 0 Å². The second-order valence-corrected chi connectivity index (χ2v) is 2.80. The first-order valence-electron chi connectivity index (χ1n) is 2.00. The second-order valence-electron chi connectivity index (χ2n) is 1.38. The SMILES string of the molecule is CC(=O)[CH]([Zr])C(=O)O. The van der Waals surface area contributed by atoms with Gasteiger partial charge in [-0.2, -0.15) is 0 Å². The minimum atomic E-state index is -1.02. The molecule has 0 aliphatic heterocycles. The quantitative estimate of drug-likeness (QED) is 0.626. The molecule has 0 fully saturated rings. The summed E-state index contributed by atoms with van der Waals surface area (Å²) >= 11 is 0.746.